The molecule has 0 spiro atoms. The summed E-state index contributed by atoms with van der Waals surface area (Å²) in [5, 5.41) is 3.84. The number of ether oxygens (including phenoxy) is 1. The molecular weight excluding hydrogens is 452 g/mol. The fourth-order valence-electron chi connectivity index (χ4n) is 2.32. The van der Waals surface area contributed by atoms with Gasteiger partial charge in [0, 0.05) is 35.0 Å². The largest absolute Gasteiger partial charge is 0.495 e. The van der Waals surface area contributed by atoms with Gasteiger partial charge in [0.25, 0.3) is 0 Å². The van der Waals surface area contributed by atoms with Crippen molar-refractivity contribution in [2.75, 3.05) is 26.6 Å². The molecule has 2 rings (SSSR count). The highest BCUT2D eigenvalue weighted by atomic mass is 79.9. The lowest BCUT2D eigenvalue weighted by Crippen LogP contribution is -2.15. The summed E-state index contributed by atoms with van der Waals surface area (Å²) < 4.78 is 29.9. The Kier molecular flexibility index (Phi) is 7.20. The molecular formula is C16H17BrCl2NO4P. The van der Waals surface area contributed by atoms with Gasteiger partial charge in [0.2, 0.25) is 0 Å². The van der Waals surface area contributed by atoms with Crippen LogP contribution < -0.4 is 10.1 Å². The number of hydrogen-bond donors (Lipinski definition) is 1. The second-order valence-corrected chi connectivity index (χ2v) is 9.05. The van der Waals surface area contributed by atoms with Crippen LogP contribution in [0.15, 0.2) is 40.9 Å². The standard InChI is InChI=1S/C16H17BrCl2NO4P/c1-22-15-13(8-11(18)9-14(15)19)16(25(21,23-2)24-3)20-12-6-4-10(17)5-7-12/h4-9,16,20H,1-3H3/t16-/m0/s1. The van der Waals surface area contributed by atoms with Crippen molar-refractivity contribution in [3.63, 3.8) is 0 Å². The van der Waals surface area contributed by atoms with Crippen molar-refractivity contribution in [1.82, 2.24) is 0 Å². The van der Waals surface area contributed by atoms with Crippen LogP contribution in [0.1, 0.15) is 11.3 Å². The van der Waals surface area contributed by atoms with Gasteiger partial charge in [0.05, 0.1) is 12.1 Å². The molecule has 0 aliphatic rings. The monoisotopic (exact) mass is 467 g/mol. The summed E-state index contributed by atoms with van der Waals surface area (Å²) in [7, 11) is 0.519. The molecule has 5 nitrogen and oxygen atoms in total. The first-order valence-electron chi connectivity index (χ1n) is 7.11. The van der Waals surface area contributed by atoms with Gasteiger partial charge in [-0.2, -0.15) is 0 Å². The van der Waals surface area contributed by atoms with Gasteiger partial charge in [-0.1, -0.05) is 39.1 Å². The minimum atomic E-state index is -3.59. The molecule has 1 atom stereocenters. The van der Waals surface area contributed by atoms with Crippen molar-refractivity contribution in [2.45, 2.75) is 5.78 Å². The van der Waals surface area contributed by atoms with Crippen LogP contribution in [-0.4, -0.2) is 21.3 Å². The third kappa shape index (κ3) is 4.70. The molecule has 0 aromatic heterocycles. The zero-order chi connectivity index (χ0) is 18.6. The molecule has 0 heterocycles. The topological polar surface area (TPSA) is 56.8 Å². The SMILES string of the molecule is COc1c(Cl)cc(Cl)cc1[C@@H](Nc1ccc(Br)cc1)P(=O)(OC)OC. The Morgan fingerprint density at radius 3 is 2.20 bits per heavy atom. The highest BCUT2D eigenvalue weighted by Gasteiger charge is 2.38. The average molecular weight is 469 g/mol. The van der Waals surface area contributed by atoms with E-state index in [0.717, 1.165) is 4.47 Å². The molecule has 0 saturated heterocycles. The molecule has 136 valence electrons. The van der Waals surface area contributed by atoms with Crippen LogP contribution in [0, 0.1) is 0 Å². The lowest BCUT2D eigenvalue weighted by atomic mass is 10.2. The Morgan fingerprint density at radius 1 is 1.08 bits per heavy atom. The molecule has 9 heteroatoms. The molecule has 25 heavy (non-hydrogen) atoms. The first-order valence-corrected chi connectivity index (χ1v) is 10.3. The minimum Gasteiger partial charge on any atom is -0.495 e. The molecule has 2 aromatic rings. The van der Waals surface area contributed by atoms with Crippen molar-refractivity contribution < 1.29 is 18.3 Å². The van der Waals surface area contributed by atoms with E-state index in [9.17, 15) is 4.57 Å². The fraction of sp³-hybridized carbons (Fsp3) is 0.250. The Bertz CT molecular complexity index is 780. The quantitative estimate of drug-likeness (QED) is 0.479. The molecule has 0 aliphatic heterocycles. The van der Waals surface area contributed by atoms with Gasteiger partial charge in [0.15, 0.2) is 5.78 Å². The van der Waals surface area contributed by atoms with E-state index >= 15 is 0 Å². The van der Waals surface area contributed by atoms with Gasteiger partial charge in [0.1, 0.15) is 5.75 Å². The number of halogens is 3. The van der Waals surface area contributed by atoms with Crippen LogP contribution >= 0.6 is 46.7 Å². The second-order valence-electron chi connectivity index (χ2n) is 4.97. The lowest BCUT2D eigenvalue weighted by Gasteiger charge is -2.28. The molecule has 0 fully saturated rings. The van der Waals surface area contributed by atoms with Crippen molar-refractivity contribution >= 4 is 52.4 Å². The maximum atomic E-state index is 13.2. The normalized spacial score (nSPS) is 12.7. The fourth-order valence-corrected chi connectivity index (χ4v) is 4.58. The van der Waals surface area contributed by atoms with Crippen molar-refractivity contribution in [1.29, 1.82) is 0 Å². The summed E-state index contributed by atoms with van der Waals surface area (Å²) in [5.41, 5.74) is 1.18. The van der Waals surface area contributed by atoms with E-state index in [1.54, 1.807) is 12.1 Å². The van der Waals surface area contributed by atoms with Crippen LogP contribution in [0.25, 0.3) is 0 Å². The Hall–Kier alpha value is -0.750. The molecule has 0 unspecified atom stereocenters. The van der Waals surface area contributed by atoms with E-state index < -0.39 is 13.4 Å². The van der Waals surface area contributed by atoms with E-state index in [1.165, 1.54) is 21.3 Å². The summed E-state index contributed by atoms with van der Waals surface area (Å²) in [4.78, 5) is 0. The van der Waals surface area contributed by atoms with Crippen LogP contribution in [-0.2, 0) is 13.6 Å². The predicted molar refractivity (Wildman–Crippen MR) is 105 cm³/mol. The number of nitrogens with one attached hydrogen (secondary N) is 1. The van der Waals surface area contributed by atoms with E-state index in [0.29, 0.717) is 27.0 Å². The van der Waals surface area contributed by atoms with Crippen LogP contribution in [0.2, 0.25) is 10.0 Å². The van der Waals surface area contributed by atoms with Crippen molar-refractivity contribution in [3.05, 3.63) is 56.5 Å². The second kappa shape index (κ2) is 8.76. The third-order valence-corrected chi connectivity index (χ3v) is 6.59. The lowest BCUT2D eigenvalue weighted by molar-refractivity contribution is 0.267. The highest BCUT2D eigenvalue weighted by Crippen LogP contribution is 2.61. The number of hydrogen-bond acceptors (Lipinski definition) is 5. The summed E-state index contributed by atoms with van der Waals surface area (Å²) in [6.45, 7) is 0. The first kappa shape index (κ1) is 20.6. The van der Waals surface area contributed by atoms with Gasteiger partial charge < -0.3 is 19.1 Å². The summed E-state index contributed by atoms with van der Waals surface area (Å²) in [6, 6.07) is 10.5. The minimum absolute atomic E-state index is 0.298. The summed E-state index contributed by atoms with van der Waals surface area (Å²) >= 11 is 15.7. The number of rotatable bonds is 7. The van der Waals surface area contributed by atoms with E-state index in [2.05, 4.69) is 21.2 Å². The number of benzene rings is 2. The third-order valence-electron chi connectivity index (χ3n) is 3.51. The van der Waals surface area contributed by atoms with Crippen molar-refractivity contribution in [3.8, 4) is 5.75 Å². The van der Waals surface area contributed by atoms with Gasteiger partial charge in [-0.05, 0) is 36.4 Å². The van der Waals surface area contributed by atoms with Crippen LogP contribution in [0.3, 0.4) is 0 Å². The summed E-state index contributed by atoms with van der Waals surface area (Å²) in [6.07, 6.45) is 0. The van der Waals surface area contributed by atoms with Gasteiger partial charge >= 0.3 is 7.60 Å². The molecule has 2 aromatic carbocycles. The zero-order valence-electron chi connectivity index (χ0n) is 13.8. The van der Waals surface area contributed by atoms with E-state index in [-0.39, 0.29) is 0 Å². The Morgan fingerprint density at radius 2 is 1.68 bits per heavy atom. The molecule has 0 amide bonds. The predicted octanol–water partition coefficient (Wildman–Crippen LogP) is 6.36. The molecule has 1 N–H and O–H groups in total. The molecule has 0 saturated carbocycles. The van der Waals surface area contributed by atoms with Crippen LogP contribution in [0.5, 0.6) is 5.75 Å². The Labute approximate surface area is 165 Å². The van der Waals surface area contributed by atoms with Crippen molar-refractivity contribution in [2.24, 2.45) is 0 Å². The zero-order valence-corrected chi connectivity index (χ0v) is 17.7. The highest BCUT2D eigenvalue weighted by molar-refractivity contribution is 9.10. The average Bonchev–Trinajstić information content (AvgIpc) is 2.60. The van der Waals surface area contributed by atoms with Gasteiger partial charge in [-0.15, -0.1) is 0 Å². The molecule has 0 radical (unpaired) electrons. The number of anilines is 1. The summed E-state index contributed by atoms with van der Waals surface area (Å²) in [5.74, 6) is -0.537. The smallest absolute Gasteiger partial charge is 0.356 e. The van der Waals surface area contributed by atoms with E-state index in [1.807, 2.05) is 24.3 Å². The first-order chi connectivity index (χ1) is 11.8. The molecule has 0 bridgehead atoms. The van der Waals surface area contributed by atoms with Gasteiger partial charge in [-0.25, -0.2) is 0 Å². The molecule has 0 aliphatic carbocycles. The van der Waals surface area contributed by atoms with Crippen LogP contribution in [0.4, 0.5) is 5.69 Å². The maximum Gasteiger partial charge on any atom is 0.356 e. The Balaban J connectivity index is 2.60. The maximum absolute atomic E-state index is 13.2. The number of methoxy groups -OCH3 is 1. The van der Waals surface area contributed by atoms with Gasteiger partial charge in [-0.3, -0.25) is 4.57 Å². The van der Waals surface area contributed by atoms with E-state index in [4.69, 9.17) is 37.0 Å².